The molecular formula is C16H20N2O5. The van der Waals surface area contributed by atoms with E-state index >= 15 is 0 Å². The zero-order chi connectivity index (χ0) is 17.4. The minimum absolute atomic E-state index is 0.00291. The van der Waals surface area contributed by atoms with E-state index in [1.807, 2.05) is 20.8 Å². The molecule has 0 bridgehead atoms. The Kier molecular flexibility index (Phi) is 6.92. The highest BCUT2D eigenvalue weighted by atomic mass is 16.6. The van der Waals surface area contributed by atoms with E-state index < -0.39 is 10.9 Å². The number of esters is 1. The third kappa shape index (κ3) is 6.73. The Morgan fingerprint density at radius 3 is 2.39 bits per heavy atom. The van der Waals surface area contributed by atoms with Crippen LogP contribution in [0.4, 0.5) is 5.69 Å². The van der Waals surface area contributed by atoms with Gasteiger partial charge in [0.25, 0.3) is 11.6 Å². The number of ether oxygens (including phenoxy) is 1. The molecule has 124 valence electrons. The Morgan fingerprint density at radius 2 is 1.87 bits per heavy atom. The van der Waals surface area contributed by atoms with Crippen molar-refractivity contribution in [2.45, 2.75) is 26.8 Å². The second-order valence-corrected chi connectivity index (χ2v) is 5.39. The van der Waals surface area contributed by atoms with Crippen LogP contribution in [-0.2, 0) is 14.3 Å². The number of amides is 1. The lowest BCUT2D eigenvalue weighted by molar-refractivity contribution is -0.384. The van der Waals surface area contributed by atoms with Crippen molar-refractivity contribution >= 4 is 23.6 Å². The average molecular weight is 320 g/mol. The van der Waals surface area contributed by atoms with Crippen molar-refractivity contribution in [2.24, 2.45) is 5.92 Å². The fraction of sp³-hybridized carbons (Fsp3) is 0.375. The SMILES string of the molecule is CC(C)[C@@H](C)NC(=O)COC(=O)/C=C/c1ccc([N+](=O)[O-])cc1. The first-order chi connectivity index (χ1) is 10.8. The van der Waals surface area contributed by atoms with Gasteiger partial charge in [-0.2, -0.15) is 0 Å². The summed E-state index contributed by atoms with van der Waals surface area (Å²) in [6.07, 6.45) is 2.63. The number of nitrogens with one attached hydrogen (secondary N) is 1. The maximum absolute atomic E-state index is 11.6. The van der Waals surface area contributed by atoms with Crippen LogP contribution in [-0.4, -0.2) is 29.4 Å². The summed E-state index contributed by atoms with van der Waals surface area (Å²) in [6, 6.07) is 5.70. The number of rotatable bonds is 7. The van der Waals surface area contributed by atoms with Gasteiger partial charge in [-0.1, -0.05) is 13.8 Å². The number of nitrogens with zero attached hydrogens (tertiary/aromatic N) is 1. The summed E-state index contributed by atoms with van der Waals surface area (Å²) >= 11 is 0. The fourth-order valence-electron chi connectivity index (χ4n) is 1.52. The van der Waals surface area contributed by atoms with Gasteiger partial charge in [0.2, 0.25) is 0 Å². The minimum atomic E-state index is -0.657. The van der Waals surface area contributed by atoms with Crippen LogP contribution in [0, 0.1) is 16.0 Å². The molecular weight excluding hydrogens is 300 g/mol. The highest BCUT2D eigenvalue weighted by molar-refractivity contribution is 5.89. The maximum atomic E-state index is 11.6. The number of non-ortho nitro benzene ring substituents is 1. The number of hydrogen-bond donors (Lipinski definition) is 1. The normalized spacial score (nSPS) is 12.2. The van der Waals surface area contributed by atoms with Crippen LogP contribution in [0.3, 0.4) is 0 Å². The lowest BCUT2D eigenvalue weighted by Crippen LogP contribution is -2.38. The number of nitro groups is 1. The quantitative estimate of drug-likeness (QED) is 0.360. The first-order valence-corrected chi connectivity index (χ1v) is 7.18. The summed E-state index contributed by atoms with van der Waals surface area (Å²) in [5, 5.41) is 13.2. The van der Waals surface area contributed by atoms with Gasteiger partial charge < -0.3 is 10.1 Å². The molecule has 0 aliphatic heterocycles. The van der Waals surface area contributed by atoms with Gasteiger partial charge in [-0.15, -0.1) is 0 Å². The lowest BCUT2D eigenvalue weighted by Gasteiger charge is -2.16. The van der Waals surface area contributed by atoms with Gasteiger partial charge in [-0.25, -0.2) is 4.79 Å². The zero-order valence-electron chi connectivity index (χ0n) is 13.3. The molecule has 1 aromatic rings. The molecule has 1 rings (SSSR count). The van der Waals surface area contributed by atoms with Crippen molar-refractivity contribution in [3.8, 4) is 0 Å². The van der Waals surface area contributed by atoms with Crippen molar-refractivity contribution in [1.82, 2.24) is 5.32 Å². The van der Waals surface area contributed by atoms with Crippen LogP contribution in [0.25, 0.3) is 6.08 Å². The van der Waals surface area contributed by atoms with Crippen LogP contribution in [0.1, 0.15) is 26.3 Å². The number of hydrogen-bond acceptors (Lipinski definition) is 5. The Bertz CT molecular complexity index is 593. The predicted octanol–water partition coefficient (Wildman–Crippen LogP) is 2.31. The van der Waals surface area contributed by atoms with Crippen LogP contribution in [0.5, 0.6) is 0 Å². The Balaban J connectivity index is 2.44. The van der Waals surface area contributed by atoms with Gasteiger partial charge >= 0.3 is 5.97 Å². The van der Waals surface area contributed by atoms with Crippen molar-refractivity contribution in [3.63, 3.8) is 0 Å². The molecule has 23 heavy (non-hydrogen) atoms. The molecule has 0 heterocycles. The van der Waals surface area contributed by atoms with Gasteiger partial charge in [-0.05, 0) is 36.6 Å². The molecule has 1 N–H and O–H groups in total. The maximum Gasteiger partial charge on any atom is 0.331 e. The Morgan fingerprint density at radius 1 is 1.26 bits per heavy atom. The van der Waals surface area contributed by atoms with E-state index in [2.05, 4.69) is 5.32 Å². The molecule has 0 aliphatic carbocycles. The van der Waals surface area contributed by atoms with E-state index in [9.17, 15) is 19.7 Å². The molecule has 0 aromatic heterocycles. The van der Waals surface area contributed by atoms with E-state index in [0.717, 1.165) is 0 Å². The third-order valence-electron chi connectivity index (χ3n) is 3.25. The van der Waals surface area contributed by atoms with Gasteiger partial charge in [0.15, 0.2) is 6.61 Å². The van der Waals surface area contributed by atoms with Gasteiger partial charge in [0.1, 0.15) is 0 Å². The molecule has 0 saturated heterocycles. The van der Waals surface area contributed by atoms with Crippen molar-refractivity contribution in [2.75, 3.05) is 6.61 Å². The second-order valence-electron chi connectivity index (χ2n) is 5.39. The van der Waals surface area contributed by atoms with E-state index in [1.165, 1.54) is 36.4 Å². The molecule has 0 spiro atoms. The van der Waals surface area contributed by atoms with Crippen molar-refractivity contribution < 1.29 is 19.2 Å². The van der Waals surface area contributed by atoms with E-state index in [-0.39, 0.29) is 30.2 Å². The first-order valence-electron chi connectivity index (χ1n) is 7.18. The molecule has 1 aromatic carbocycles. The summed E-state index contributed by atoms with van der Waals surface area (Å²) < 4.78 is 4.82. The topological polar surface area (TPSA) is 98.5 Å². The molecule has 0 radical (unpaired) electrons. The first kappa shape index (κ1) is 18.3. The van der Waals surface area contributed by atoms with E-state index in [0.29, 0.717) is 5.56 Å². The van der Waals surface area contributed by atoms with E-state index in [1.54, 1.807) is 0 Å². The smallest absolute Gasteiger partial charge is 0.331 e. The summed E-state index contributed by atoms with van der Waals surface area (Å²) in [5.74, 6) is -0.726. The van der Waals surface area contributed by atoms with E-state index in [4.69, 9.17) is 4.74 Å². The molecule has 0 aliphatic rings. The molecule has 7 heteroatoms. The number of carbonyl (C=O) groups excluding carboxylic acids is 2. The number of nitro benzene ring substituents is 1. The molecule has 7 nitrogen and oxygen atoms in total. The van der Waals surface area contributed by atoms with Crippen molar-refractivity contribution in [1.29, 1.82) is 0 Å². The monoisotopic (exact) mass is 320 g/mol. The highest BCUT2D eigenvalue weighted by Gasteiger charge is 2.11. The van der Waals surface area contributed by atoms with Crippen LogP contribution in [0.15, 0.2) is 30.3 Å². The third-order valence-corrected chi connectivity index (χ3v) is 3.25. The average Bonchev–Trinajstić information content (AvgIpc) is 2.51. The molecule has 1 amide bonds. The molecule has 0 fully saturated rings. The Hall–Kier alpha value is -2.70. The standard InChI is InChI=1S/C16H20N2O5/c1-11(2)12(3)17-15(19)10-23-16(20)9-6-13-4-7-14(8-5-13)18(21)22/h4-9,11-12H,10H2,1-3H3,(H,17,19)/b9-6+/t12-/m1/s1. The number of benzene rings is 1. The van der Waals surface area contributed by atoms with Gasteiger partial charge in [0.05, 0.1) is 4.92 Å². The molecule has 0 saturated carbocycles. The lowest BCUT2D eigenvalue weighted by atomic mass is 10.1. The van der Waals surface area contributed by atoms with Crippen LogP contribution < -0.4 is 5.32 Å². The van der Waals surface area contributed by atoms with Crippen LogP contribution >= 0.6 is 0 Å². The molecule has 0 unspecified atom stereocenters. The Labute approximate surface area is 134 Å². The summed E-state index contributed by atoms with van der Waals surface area (Å²) in [7, 11) is 0. The summed E-state index contributed by atoms with van der Waals surface area (Å²) in [6.45, 7) is 5.48. The fourth-order valence-corrected chi connectivity index (χ4v) is 1.52. The second kappa shape index (κ2) is 8.67. The minimum Gasteiger partial charge on any atom is -0.452 e. The largest absolute Gasteiger partial charge is 0.452 e. The predicted molar refractivity (Wildman–Crippen MR) is 85.5 cm³/mol. The van der Waals surface area contributed by atoms with Crippen molar-refractivity contribution in [3.05, 3.63) is 46.0 Å². The summed E-state index contributed by atoms with van der Waals surface area (Å²) in [4.78, 5) is 33.1. The van der Waals surface area contributed by atoms with Gasteiger partial charge in [0, 0.05) is 24.3 Å². The van der Waals surface area contributed by atoms with Crippen LogP contribution in [0.2, 0.25) is 0 Å². The van der Waals surface area contributed by atoms with Gasteiger partial charge in [-0.3, -0.25) is 14.9 Å². The molecule has 1 atom stereocenters. The summed E-state index contributed by atoms with van der Waals surface area (Å²) in [5.41, 5.74) is 0.589. The number of carbonyl (C=O) groups is 2. The zero-order valence-corrected chi connectivity index (χ0v) is 13.3. The highest BCUT2D eigenvalue weighted by Crippen LogP contribution is 2.12.